The number of unbranched alkanes of at least 4 members (excludes halogenated alkanes) is 34. The van der Waals surface area contributed by atoms with Crippen LogP contribution in [0, 0.1) is 0 Å². The molecule has 0 heterocycles. The van der Waals surface area contributed by atoms with E-state index in [1.54, 1.807) is 0 Å². The van der Waals surface area contributed by atoms with Gasteiger partial charge in [-0.05, 0) is 44.9 Å². The molecule has 2 unspecified atom stereocenters. The van der Waals surface area contributed by atoms with Gasteiger partial charge in [-0.3, -0.25) is 14.2 Å². The van der Waals surface area contributed by atoms with E-state index >= 15 is 0 Å². The van der Waals surface area contributed by atoms with Gasteiger partial charge in [0.15, 0.2) is 6.10 Å². The van der Waals surface area contributed by atoms with Crippen LogP contribution in [0.1, 0.15) is 271 Å². The molecule has 0 saturated carbocycles. The van der Waals surface area contributed by atoms with Crippen LogP contribution < -0.4 is 4.89 Å². The van der Waals surface area contributed by atoms with Gasteiger partial charge < -0.3 is 27.9 Å². The van der Waals surface area contributed by atoms with Gasteiger partial charge in [0, 0.05) is 12.8 Å². The third-order valence-corrected chi connectivity index (χ3v) is 13.4. The molecule has 66 heavy (non-hydrogen) atoms. The minimum Gasteiger partial charge on any atom is -0.756 e. The number of phosphoric ester groups is 1. The summed E-state index contributed by atoms with van der Waals surface area (Å²) >= 11 is 0. The highest BCUT2D eigenvalue weighted by atomic mass is 31.2. The zero-order valence-corrected chi connectivity index (χ0v) is 45.1. The summed E-state index contributed by atoms with van der Waals surface area (Å²) in [5, 5.41) is 0. The molecule has 2 atom stereocenters. The quantitative estimate of drug-likeness (QED) is 0.0195. The Morgan fingerprint density at radius 1 is 0.470 bits per heavy atom. The van der Waals surface area contributed by atoms with Crippen LogP contribution in [-0.2, 0) is 32.7 Å². The second-order valence-electron chi connectivity index (χ2n) is 20.3. The molecule has 9 nitrogen and oxygen atoms in total. The van der Waals surface area contributed by atoms with E-state index in [4.69, 9.17) is 18.5 Å². The van der Waals surface area contributed by atoms with Gasteiger partial charge >= 0.3 is 11.9 Å². The Balaban J connectivity index is 4.14. The van der Waals surface area contributed by atoms with Crippen molar-refractivity contribution in [2.45, 2.75) is 277 Å². The summed E-state index contributed by atoms with van der Waals surface area (Å²) in [7, 11) is 1.17. The topological polar surface area (TPSA) is 111 Å². The Morgan fingerprint density at radius 2 is 0.818 bits per heavy atom. The third kappa shape index (κ3) is 51.9. The van der Waals surface area contributed by atoms with E-state index in [1.165, 1.54) is 186 Å². The number of quaternary nitrogens is 1. The number of hydrogen-bond donors (Lipinski definition) is 0. The lowest BCUT2D eigenvalue weighted by Crippen LogP contribution is -2.37. The maximum Gasteiger partial charge on any atom is 0.306 e. The predicted octanol–water partition coefficient (Wildman–Crippen LogP) is 16.4. The van der Waals surface area contributed by atoms with Crippen LogP contribution in [0.25, 0.3) is 0 Å². The van der Waals surface area contributed by atoms with Crippen molar-refractivity contribution in [3.8, 4) is 0 Å². The molecule has 0 amide bonds. The average Bonchev–Trinajstić information content (AvgIpc) is 3.27. The highest BCUT2D eigenvalue weighted by Gasteiger charge is 2.22. The lowest BCUT2D eigenvalue weighted by molar-refractivity contribution is -0.870. The summed E-state index contributed by atoms with van der Waals surface area (Å²) in [4.78, 5) is 37.8. The Morgan fingerprint density at radius 3 is 1.21 bits per heavy atom. The molecule has 390 valence electrons. The van der Waals surface area contributed by atoms with Crippen molar-refractivity contribution in [2.24, 2.45) is 0 Å². The molecule has 0 N–H and O–H groups in total. The summed E-state index contributed by atoms with van der Waals surface area (Å²) in [5.41, 5.74) is 0. The van der Waals surface area contributed by atoms with E-state index in [1.807, 2.05) is 21.1 Å². The number of rotatable bonds is 52. The second-order valence-corrected chi connectivity index (χ2v) is 21.7. The largest absolute Gasteiger partial charge is 0.756 e. The van der Waals surface area contributed by atoms with E-state index in [-0.39, 0.29) is 32.0 Å². The summed E-state index contributed by atoms with van der Waals surface area (Å²) in [6, 6.07) is 0. The van der Waals surface area contributed by atoms with E-state index in [9.17, 15) is 19.0 Å². The number of carbonyl (C=O) groups excluding carboxylic acids is 2. The molecule has 10 heteroatoms. The van der Waals surface area contributed by atoms with Gasteiger partial charge in [0.1, 0.15) is 19.8 Å². The zero-order chi connectivity index (χ0) is 48.5. The Bertz CT molecular complexity index is 1170. The fraction of sp³-hybridized carbons (Fsp3) is 0.893. The van der Waals surface area contributed by atoms with Crippen molar-refractivity contribution in [3.05, 3.63) is 24.3 Å². The first-order valence-electron chi connectivity index (χ1n) is 28.0. The van der Waals surface area contributed by atoms with Crippen LogP contribution in [0.5, 0.6) is 0 Å². The predicted molar refractivity (Wildman–Crippen MR) is 278 cm³/mol. The molecule has 0 aliphatic carbocycles. The van der Waals surface area contributed by atoms with E-state index in [2.05, 4.69) is 38.2 Å². The van der Waals surface area contributed by atoms with Crippen LogP contribution in [0.4, 0.5) is 0 Å². The highest BCUT2D eigenvalue weighted by molar-refractivity contribution is 7.45. The van der Waals surface area contributed by atoms with Gasteiger partial charge in [-0.1, -0.05) is 237 Å². The van der Waals surface area contributed by atoms with Crippen LogP contribution in [0.15, 0.2) is 24.3 Å². The number of carbonyl (C=O) groups is 2. The molecular weight excluding hydrogens is 846 g/mol. The van der Waals surface area contributed by atoms with Gasteiger partial charge in [0.25, 0.3) is 7.82 Å². The monoisotopic (exact) mass is 954 g/mol. The van der Waals surface area contributed by atoms with Crippen molar-refractivity contribution in [1.82, 2.24) is 0 Å². The van der Waals surface area contributed by atoms with Gasteiger partial charge in [-0.2, -0.15) is 0 Å². The number of likely N-dealkylation sites (N-methyl/N-ethyl adjacent to an activating group) is 1. The minimum atomic E-state index is -4.63. The summed E-state index contributed by atoms with van der Waals surface area (Å²) < 4.78 is 34.1. The summed E-state index contributed by atoms with van der Waals surface area (Å²) in [6.45, 7) is 4.26. The van der Waals surface area contributed by atoms with Crippen molar-refractivity contribution < 1.29 is 42.1 Å². The fourth-order valence-corrected chi connectivity index (χ4v) is 8.83. The van der Waals surface area contributed by atoms with Gasteiger partial charge in [-0.15, -0.1) is 0 Å². The lowest BCUT2D eigenvalue weighted by Gasteiger charge is -2.28. The second kappa shape index (κ2) is 48.5. The van der Waals surface area contributed by atoms with E-state index in [0.717, 1.165) is 51.4 Å². The van der Waals surface area contributed by atoms with Crippen molar-refractivity contribution in [2.75, 3.05) is 47.5 Å². The molecule has 0 aliphatic rings. The van der Waals surface area contributed by atoms with Gasteiger partial charge in [-0.25, -0.2) is 0 Å². The van der Waals surface area contributed by atoms with Crippen LogP contribution >= 0.6 is 7.82 Å². The molecule has 0 radical (unpaired) electrons. The van der Waals surface area contributed by atoms with Crippen LogP contribution in [-0.4, -0.2) is 70.0 Å². The molecule has 0 aromatic rings. The van der Waals surface area contributed by atoms with Crippen LogP contribution in [0.3, 0.4) is 0 Å². The van der Waals surface area contributed by atoms with Crippen molar-refractivity contribution >= 4 is 19.8 Å². The number of ether oxygens (including phenoxy) is 2. The maximum atomic E-state index is 12.8. The minimum absolute atomic E-state index is 0.0302. The molecular formula is C56H108NO8P. The maximum absolute atomic E-state index is 12.8. The Labute approximate surface area is 409 Å². The standard InChI is InChI=1S/C56H108NO8P/c1-6-8-10-12-14-16-18-20-22-24-26-27-28-29-30-31-33-34-36-38-40-42-44-46-48-55(58)62-52-54(53-64-66(60,61)63-51-50-57(3,4)5)65-56(59)49-47-45-43-41-39-37-35-32-25-23-21-19-17-15-13-11-9-7-2/h17,19,23,25,54H,6-16,18,20-22,24,26-53H2,1-5H3/b19-17-,25-23-. The molecule has 0 saturated heterocycles. The summed E-state index contributed by atoms with van der Waals surface area (Å²) in [5.74, 6) is -0.828. The average molecular weight is 954 g/mol. The Kier molecular flexibility index (Phi) is 47.4. The van der Waals surface area contributed by atoms with E-state index < -0.39 is 26.5 Å². The molecule has 0 spiro atoms. The number of esters is 2. The third-order valence-electron chi connectivity index (χ3n) is 12.5. The smallest absolute Gasteiger partial charge is 0.306 e. The van der Waals surface area contributed by atoms with Gasteiger partial charge in [0.2, 0.25) is 0 Å². The van der Waals surface area contributed by atoms with Crippen LogP contribution in [0.2, 0.25) is 0 Å². The molecule has 0 aromatic heterocycles. The number of phosphoric acid groups is 1. The first-order valence-corrected chi connectivity index (χ1v) is 29.5. The molecule has 0 fully saturated rings. The van der Waals surface area contributed by atoms with Crippen molar-refractivity contribution in [1.29, 1.82) is 0 Å². The molecule has 0 bridgehead atoms. The van der Waals surface area contributed by atoms with E-state index in [0.29, 0.717) is 17.4 Å². The number of allylic oxidation sites excluding steroid dienone is 4. The Hall–Kier alpha value is -1.51. The first kappa shape index (κ1) is 64.5. The normalized spacial score (nSPS) is 13.5. The number of nitrogens with zero attached hydrogens (tertiary/aromatic N) is 1. The number of hydrogen-bond acceptors (Lipinski definition) is 8. The SMILES string of the molecule is CCCCCC/C=C\C/C=C\CCCCCCCCCC(=O)OC(COC(=O)CCCCCCCCCCCCCCCCCCCCCCCCCC)COP(=O)([O-])OCC[N+](C)(C)C. The van der Waals surface area contributed by atoms with Gasteiger partial charge in [0.05, 0.1) is 27.7 Å². The molecule has 0 aromatic carbocycles. The summed E-state index contributed by atoms with van der Waals surface area (Å²) in [6.07, 6.45) is 56.5. The highest BCUT2D eigenvalue weighted by Crippen LogP contribution is 2.38. The molecule has 0 rings (SSSR count). The fourth-order valence-electron chi connectivity index (χ4n) is 8.10. The van der Waals surface area contributed by atoms with Crippen molar-refractivity contribution in [3.63, 3.8) is 0 Å². The molecule has 0 aliphatic heterocycles. The first-order chi connectivity index (χ1) is 32.0. The lowest BCUT2D eigenvalue weighted by atomic mass is 10.0. The zero-order valence-electron chi connectivity index (χ0n) is 44.2.